The molecule has 0 amide bonds. The van der Waals surface area contributed by atoms with E-state index < -0.39 is 5.60 Å². The van der Waals surface area contributed by atoms with E-state index in [9.17, 15) is 5.11 Å². The Kier molecular flexibility index (Phi) is 9.50. The fourth-order valence-corrected chi connectivity index (χ4v) is 3.30. The molecule has 4 nitrogen and oxygen atoms in total. The quantitative estimate of drug-likeness (QED) is 0.421. The van der Waals surface area contributed by atoms with E-state index in [1.807, 2.05) is 20.9 Å². The van der Waals surface area contributed by atoms with E-state index in [0.29, 0.717) is 17.7 Å². The Morgan fingerprint density at radius 2 is 2.20 bits per heavy atom. The highest BCUT2D eigenvalue weighted by Crippen LogP contribution is 2.24. The third kappa shape index (κ3) is 6.39. The van der Waals surface area contributed by atoms with E-state index in [-0.39, 0.29) is 24.0 Å². The summed E-state index contributed by atoms with van der Waals surface area (Å²) >= 11 is 2.06. The zero-order valence-corrected chi connectivity index (χ0v) is 16.5. The molecular weight excluding hydrogens is 385 g/mol. The first-order valence-electron chi connectivity index (χ1n) is 7.19. The number of aliphatic hydroxyl groups is 1. The van der Waals surface area contributed by atoms with Crippen molar-refractivity contribution < 1.29 is 5.11 Å². The number of rotatable bonds is 4. The smallest absolute Gasteiger partial charge is 0.193 e. The second-order valence-electron chi connectivity index (χ2n) is 5.85. The molecule has 0 aliphatic carbocycles. The zero-order valence-electron chi connectivity index (χ0n) is 13.3. The second kappa shape index (κ2) is 9.35. The van der Waals surface area contributed by atoms with Gasteiger partial charge in [0, 0.05) is 37.7 Å². The van der Waals surface area contributed by atoms with Crippen LogP contribution in [0.15, 0.2) is 4.99 Å². The molecule has 1 aliphatic heterocycles. The Balaban J connectivity index is 0.00000361. The van der Waals surface area contributed by atoms with Gasteiger partial charge in [0.05, 0.1) is 5.60 Å². The molecule has 0 aromatic carbocycles. The zero-order chi connectivity index (χ0) is 14.5. The molecule has 0 radical (unpaired) electrons. The van der Waals surface area contributed by atoms with Crippen molar-refractivity contribution in [2.45, 2.75) is 45.0 Å². The van der Waals surface area contributed by atoms with Gasteiger partial charge in [-0.25, -0.2) is 0 Å². The van der Waals surface area contributed by atoms with Gasteiger partial charge < -0.3 is 15.3 Å². The number of hydrogen-bond acceptors (Lipinski definition) is 3. The number of thioether (sulfide) groups is 1. The first-order chi connectivity index (χ1) is 8.89. The maximum Gasteiger partial charge on any atom is 0.193 e. The number of guanidine groups is 1. The van der Waals surface area contributed by atoms with Crippen molar-refractivity contribution in [1.29, 1.82) is 0 Å². The highest BCUT2D eigenvalue weighted by molar-refractivity contribution is 14.0. The Hall–Kier alpha value is 0.310. The van der Waals surface area contributed by atoms with E-state index >= 15 is 0 Å². The van der Waals surface area contributed by atoms with Gasteiger partial charge in [-0.3, -0.25) is 4.99 Å². The molecule has 1 fully saturated rings. The van der Waals surface area contributed by atoms with Gasteiger partial charge in [0.25, 0.3) is 0 Å². The summed E-state index contributed by atoms with van der Waals surface area (Å²) in [7, 11) is 1.81. The van der Waals surface area contributed by atoms with Gasteiger partial charge in [-0.1, -0.05) is 20.8 Å². The average molecular weight is 415 g/mol. The number of aliphatic imine (C=N–C) groups is 1. The summed E-state index contributed by atoms with van der Waals surface area (Å²) in [4.78, 5) is 6.67. The Labute approximate surface area is 145 Å². The molecule has 1 aliphatic rings. The molecule has 1 heterocycles. The molecule has 20 heavy (non-hydrogen) atoms. The molecule has 2 N–H and O–H groups in total. The van der Waals surface area contributed by atoms with E-state index in [1.54, 1.807) is 0 Å². The van der Waals surface area contributed by atoms with Gasteiger partial charge in [0.2, 0.25) is 0 Å². The second-order valence-corrected chi connectivity index (χ2v) is 7.20. The summed E-state index contributed by atoms with van der Waals surface area (Å²) < 4.78 is 0. The minimum absolute atomic E-state index is 0. The number of halogens is 1. The lowest BCUT2D eigenvalue weighted by atomic mass is 10.0. The van der Waals surface area contributed by atoms with Crippen molar-refractivity contribution in [3.63, 3.8) is 0 Å². The minimum atomic E-state index is -0.669. The van der Waals surface area contributed by atoms with E-state index in [2.05, 4.69) is 40.8 Å². The molecule has 2 atom stereocenters. The third-order valence-corrected chi connectivity index (χ3v) is 5.28. The average Bonchev–Trinajstić information content (AvgIpc) is 2.39. The first kappa shape index (κ1) is 20.3. The molecule has 120 valence electrons. The largest absolute Gasteiger partial charge is 0.388 e. The molecule has 6 heteroatoms. The summed E-state index contributed by atoms with van der Waals surface area (Å²) in [6.45, 7) is 11.0. The van der Waals surface area contributed by atoms with Gasteiger partial charge in [-0.05, 0) is 19.3 Å². The number of nitrogens with zero attached hydrogens (tertiary/aromatic N) is 2. The van der Waals surface area contributed by atoms with Crippen LogP contribution in [0, 0.1) is 5.92 Å². The highest BCUT2D eigenvalue weighted by atomic mass is 127. The fraction of sp³-hybridized carbons (Fsp3) is 0.929. The van der Waals surface area contributed by atoms with E-state index in [0.717, 1.165) is 31.2 Å². The molecule has 0 spiro atoms. The molecule has 2 unspecified atom stereocenters. The van der Waals surface area contributed by atoms with Gasteiger partial charge >= 0.3 is 0 Å². The van der Waals surface area contributed by atoms with Crippen LogP contribution in [-0.4, -0.2) is 59.3 Å². The van der Waals surface area contributed by atoms with Crippen LogP contribution in [0.5, 0.6) is 0 Å². The third-order valence-electron chi connectivity index (χ3n) is 3.74. The van der Waals surface area contributed by atoms with E-state index in [4.69, 9.17) is 0 Å². The van der Waals surface area contributed by atoms with Crippen molar-refractivity contribution in [1.82, 2.24) is 10.2 Å². The molecular formula is C14H30IN3OS. The van der Waals surface area contributed by atoms with Crippen molar-refractivity contribution in [3.05, 3.63) is 0 Å². The molecule has 1 saturated heterocycles. The van der Waals surface area contributed by atoms with Crippen molar-refractivity contribution >= 4 is 41.7 Å². The number of hydrogen-bond donors (Lipinski definition) is 2. The van der Waals surface area contributed by atoms with E-state index in [1.165, 1.54) is 0 Å². The summed E-state index contributed by atoms with van der Waals surface area (Å²) in [6, 6.07) is 0. The van der Waals surface area contributed by atoms with Gasteiger partial charge in [0.15, 0.2) is 5.96 Å². The Morgan fingerprint density at radius 1 is 1.55 bits per heavy atom. The van der Waals surface area contributed by atoms with Gasteiger partial charge in [-0.15, -0.1) is 24.0 Å². The molecule has 0 aromatic rings. The van der Waals surface area contributed by atoms with Crippen LogP contribution < -0.4 is 5.32 Å². The monoisotopic (exact) mass is 415 g/mol. The van der Waals surface area contributed by atoms with Crippen LogP contribution in [0.4, 0.5) is 0 Å². The number of nitrogens with one attached hydrogen (secondary N) is 1. The molecule has 0 saturated carbocycles. The molecule has 0 bridgehead atoms. The molecule has 0 aromatic heterocycles. The summed E-state index contributed by atoms with van der Waals surface area (Å²) in [6.07, 6.45) is 0.738. The van der Waals surface area contributed by atoms with Gasteiger partial charge in [0.1, 0.15) is 0 Å². The fourth-order valence-electron chi connectivity index (χ4n) is 2.00. The lowest BCUT2D eigenvalue weighted by Gasteiger charge is -2.37. The van der Waals surface area contributed by atoms with Crippen LogP contribution in [0.2, 0.25) is 0 Å². The van der Waals surface area contributed by atoms with Crippen LogP contribution in [0.1, 0.15) is 34.1 Å². The minimum Gasteiger partial charge on any atom is -0.388 e. The van der Waals surface area contributed by atoms with Crippen molar-refractivity contribution in [3.8, 4) is 0 Å². The van der Waals surface area contributed by atoms with Crippen LogP contribution >= 0.6 is 35.7 Å². The van der Waals surface area contributed by atoms with Gasteiger partial charge in [-0.2, -0.15) is 11.8 Å². The maximum absolute atomic E-state index is 10.1. The van der Waals surface area contributed by atoms with Crippen LogP contribution in [-0.2, 0) is 0 Å². The topological polar surface area (TPSA) is 47.9 Å². The lowest BCUT2D eigenvalue weighted by Crippen LogP contribution is -2.51. The lowest BCUT2D eigenvalue weighted by molar-refractivity contribution is 0.0597. The normalized spacial score (nSPS) is 23.2. The first-order valence-corrected chi connectivity index (χ1v) is 8.24. The van der Waals surface area contributed by atoms with Crippen molar-refractivity contribution in [2.24, 2.45) is 10.9 Å². The molecule has 1 rings (SSSR count). The Morgan fingerprint density at radius 3 is 2.70 bits per heavy atom. The maximum atomic E-state index is 10.1. The van der Waals surface area contributed by atoms with Crippen LogP contribution in [0.25, 0.3) is 0 Å². The van der Waals surface area contributed by atoms with Crippen LogP contribution in [0.3, 0.4) is 0 Å². The highest BCUT2D eigenvalue weighted by Gasteiger charge is 2.26. The summed E-state index contributed by atoms with van der Waals surface area (Å²) in [5, 5.41) is 14.0. The summed E-state index contributed by atoms with van der Waals surface area (Å²) in [5.41, 5.74) is -0.669. The summed E-state index contributed by atoms with van der Waals surface area (Å²) in [5.74, 6) is 2.75. The Bertz CT molecular complexity index is 311. The standard InChI is InChI=1S/C14H29N3OS.HI/c1-6-14(4,18)10-16-13(15-5)17-7-8-19-12(9-17)11(2)3;/h11-12,18H,6-10H2,1-5H3,(H,15,16);1H. The SMILES string of the molecule is CCC(C)(O)CNC(=NC)N1CCSC(C(C)C)C1.I. The van der Waals surface area contributed by atoms with Crippen molar-refractivity contribution in [2.75, 3.05) is 32.4 Å². The predicted molar refractivity (Wildman–Crippen MR) is 100 cm³/mol. The predicted octanol–water partition coefficient (Wildman–Crippen LogP) is 2.41.